The van der Waals surface area contributed by atoms with Gasteiger partial charge in [-0.2, -0.15) is 15.3 Å². The van der Waals surface area contributed by atoms with Crippen LogP contribution in [-0.2, 0) is 4.43 Å². The molecular weight excluding hydrogens is 478 g/mol. The van der Waals surface area contributed by atoms with E-state index < -0.39 is 8.32 Å². The van der Waals surface area contributed by atoms with Crippen LogP contribution in [0.1, 0.15) is 78.8 Å². The van der Waals surface area contributed by atoms with E-state index in [9.17, 15) is 0 Å². The molecule has 4 aromatic rings. The maximum Gasteiger partial charge on any atom is 0.192 e. The average Bonchev–Trinajstić information content (AvgIpc) is 3.64. The summed E-state index contributed by atoms with van der Waals surface area (Å²) in [4.78, 5) is 5.10. The summed E-state index contributed by atoms with van der Waals surface area (Å²) in [6.45, 7) is 16.0. The zero-order valence-electron chi connectivity index (χ0n) is 23.3. The fourth-order valence-electron chi connectivity index (χ4n) is 5.15. The number of hydrogen-bond donors (Lipinski definition) is 0. The molecule has 8 nitrogen and oxygen atoms in total. The summed E-state index contributed by atoms with van der Waals surface area (Å²) in [6, 6.07) is 2.66. The Morgan fingerprint density at radius 1 is 1.00 bits per heavy atom. The minimum atomic E-state index is -1.85. The maximum atomic E-state index is 6.85. The van der Waals surface area contributed by atoms with E-state index in [1.54, 1.807) is 0 Å². The Kier molecular flexibility index (Phi) is 6.87. The number of rotatable bonds is 8. The van der Waals surface area contributed by atoms with Gasteiger partial charge in [0.1, 0.15) is 0 Å². The van der Waals surface area contributed by atoms with Crippen LogP contribution >= 0.6 is 0 Å². The summed E-state index contributed by atoms with van der Waals surface area (Å²) in [6.07, 6.45) is 17.6. The summed E-state index contributed by atoms with van der Waals surface area (Å²) < 4.78 is 12.9. The van der Waals surface area contributed by atoms with Crippen LogP contribution in [-0.4, -0.2) is 48.6 Å². The van der Waals surface area contributed by atoms with E-state index in [1.807, 2.05) is 35.4 Å². The van der Waals surface area contributed by atoms with Gasteiger partial charge in [-0.1, -0.05) is 34.6 Å². The summed E-state index contributed by atoms with van der Waals surface area (Å²) in [5.74, 6) is 0. The molecule has 1 saturated carbocycles. The van der Waals surface area contributed by atoms with Crippen molar-refractivity contribution in [3.8, 4) is 22.5 Å². The van der Waals surface area contributed by atoms with E-state index in [-0.39, 0.29) is 17.2 Å². The van der Waals surface area contributed by atoms with E-state index in [1.165, 1.54) is 6.42 Å². The van der Waals surface area contributed by atoms with Gasteiger partial charge in [-0.05, 0) is 56.3 Å². The molecule has 4 heterocycles. The van der Waals surface area contributed by atoms with E-state index in [0.717, 1.165) is 53.7 Å². The third-order valence-electron chi connectivity index (χ3n) is 8.49. The van der Waals surface area contributed by atoms with Crippen molar-refractivity contribution in [2.24, 2.45) is 0 Å². The normalized spacial score (nSPS) is 18.9. The molecule has 0 bridgehead atoms. The van der Waals surface area contributed by atoms with Gasteiger partial charge in [0.15, 0.2) is 8.32 Å². The molecule has 0 saturated heterocycles. The quantitative estimate of drug-likeness (QED) is 0.236. The van der Waals surface area contributed by atoms with Gasteiger partial charge in [0.25, 0.3) is 0 Å². The van der Waals surface area contributed by atoms with Crippen molar-refractivity contribution in [1.82, 2.24) is 34.2 Å². The third kappa shape index (κ3) is 4.91. The van der Waals surface area contributed by atoms with Gasteiger partial charge in [0.2, 0.25) is 0 Å². The molecule has 5 rings (SSSR count). The zero-order valence-corrected chi connectivity index (χ0v) is 24.3. The Balaban J connectivity index is 1.46. The van der Waals surface area contributed by atoms with E-state index in [2.05, 4.69) is 79.7 Å². The van der Waals surface area contributed by atoms with Crippen molar-refractivity contribution in [3.05, 3.63) is 43.2 Å². The second-order valence-electron chi connectivity index (χ2n) is 11.9. The highest BCUT2D eigenvalue weighted by atomic mass is 28.4. The van der Waals surface area contributed by atoms with Crippen LogP contribution in [0, 0.1) is 0 Å². The summed E-state index contributed by atoms with van der Waals surface area (Å²) in [5, 5.41) is 14.2. The molecule has 37 heavy (non-hydrogen) atoms. The summed E-state index contributed by atoms with van der Waals surface area (Å²) in [7, 11) is -1.85. The number of nitrogens with zero attached hydrogens (tertiary/aromatic N) is 7. The second kappa shape index (κ2) is 9.83. The zero-order chi connectivity index (χ0) is 26.4. The van der Waals surface area contributed by atoms with Crippen molar-refractivity contribution in [2.75, 3.05) is 0 Å². The SMILES string of the molecule is CCC(CC)n1cc(-c2nc(-c3cnn([C@@H]4CCC[C@H]4O[Si](C)(C)C(C)(C)C)c3)cn3nccc23)cn1. The smallest absolute Gasteiger partial charge is 0.192 e. The molecule has 0 N–H and O–H groups in total. The highest BCUT2D eigenvalue weighted by molar-refractivity contribution is 6.74. The van der Waals surface area contributed by atoms with Crippen LogP contribution in [0.3, 0.4) is 0 Å². The Bertz CT molecular complexity index is 1360. The Morgan fingerprint density at radius 2 is 1.76 bits per heavy atom. The van der Waals surface area contributed by atoms with E-state index in [4.69, 9.17) is 14.5 Å². The molecule has 2 atom stereocenters. The van der Waals surface area contributed by atoms with Crippen LogP contribution in [0.2, 0.25) is 18.1 Å². The van der Waals surface area contributed by atoms with Gasteiger partial charge in [-0.3, -0.25) is 9.36 Å². The molecule has 0 spiro atoms. The lowest BCUT2D eigenvalue weighted by Gasteiger charge is -2.39. The minimum absolute atomic E-state index is 0.191. The molecule has 0 radical (unpaired) electrons. The highest BCUT2D eigenvalue weighted by Gasteiger charge is 2.42. The molecule has 0 aromatic carbocycles. The molecule has 4 aromatic heterocycles. The Labute approximate surface area is 221 Å². The van der Waals surface area contributed by atoms with Crippen LogP contribution in [0.25, 0.3) is 28.0 Å². The first-order valence-electron chi connectivity index (χ1n) is 13.7. The highest BCUT2D eigenvalue weighted by Crippen LogP contribution is 2.42. The van der Waals surface area contributed by atoms with E-state index >= 15 is 0 Å². The molecule has 198 valence electrons. The Morgan fingerprint density at radius 3 is 2.49 bits per heavy atom. The lowest BCUT2D eigenvalue weighted by Crippen LogP contribution is -2.45. The number of fused-ring (bicyclic) bond motifs is 1. The molecular formula is C28H41N7OSi. The van der Waals surface area contributed by atoms with Crippen molar-refractivity contribution in [3.63, 3.8) is 0 Å². The standard InChI is InChI=1S/C28H41N7OSi/c1-8-22(9-2)33-18-21(16-30-33)27-25-13-14-29-35(25)19-23(32-27)20-15-31-34(17-20)24-11-10-12-26(24)36-37(6,7)28(3,4)5/h13-19,22,24,26H,8-12H2,1-7H3/t24-,26-/m1/s1. The lowest BCUT2D eigenvalue weighted by molar-refractivity contribution is 0.138. The van der Waals surface area contributed by atoms with Crippen LogP contribution in [0.15, 0.2) is 43.2 Å². The first-order chi connectivity index (χ1) is 17.6. The molecule has 1 aliphatic carbocycles. The van der Waals surface area contributed by atoms with Crippen molar-refractivity contribution in [2.45, 2.75) is 103 Å². The van der Waals surface area contributed by atoms with Gasteiger partial charge < -0.3 is 4.43 Å². The van der Waals surface area contributed by atoms with Gasteiger partial charge in [0, 0.05) is 23.5 Å². The Hall–Kier alpha value is -2.78. The van der Waals surface area contributed by atoms with Crippen molar-refractivity contribution in [1.29, 1.82) is 0 Å². The number of aromatic nitrogens is 7. The monoisotopic (exact) mass is 519 g/mol. The predicted octanol–water partition coefficient (Wildman–Crippen LogP) is 6.93. The number of hydrogen-bond acceptors (Lipinski definition) is 5. The fraction of sp³-hybridized carbons (Fsp3) is 0.571. The first kappa shape index (κ1) is 25.8. The van der Waals surface area contributed by atoms with Gasteiger partial charge >= 0.3 is 0 Å². The molecule has 0 aliphatic heterocycles. The summed E-state index contributed by atoms with van der Waals surface area (Å²) >= 11 is 0. The van der Waals surface area contributed by atoms with Crippen molar-refractivity contribution >= 4 is 13.8 Å². The third-order valence-corrected chi connectivity index (χ3v) is 13.0. The first-order valence-corrected chi connectivity index (χ1v) is 16.6. The molecule has 1 aliphatic rings. The molecule has 1 fully saturated rings. The van der Waals surface area contributed by atoms with Crippen LogP contribution < -0.4 is 0 Å². The molecule has 0 unspecified atom stereocenters. The average molecular weight is 520 g/mol. The van der Waals surface area contributed by atoms with Crippen LogP contribution in [0.5, 0.6) is 0 Å². The fourth-order valence-corrected chi connectivity index (χ4v) is 6.54. The van der Waals surface area contributed by atoms with Crippen LogP contribution in [0.4, 0.5) is 0 Å². The maximum absolute atomic E-state index is 6.85. The lowest BCUT2D eigenvalue weighted by atomic mass is 10.1. The summed E-state index contributed by atoms with van der Waals surface area (Å²) in [5.41, 5.74) is 4.71. The minimum Gasteiger partial charge on any atom is -0.412 e. The molecule has 0 amide bonds. The molecule has 9 heteroatoms. The van der Waals surface area contributed by atoms with Gasteiger partial charge in [-0.25, -0.2) is 9.50 Å². The predicted molar refractivity (Wildman–Crippen MR) is 150 cm³/mol. The topological polar surface area (TPSA) is 75.1 Å². The van der Waals surface area contributed by atoms with Crippen molar-refractivity contribution < 1.29 is 4.43 Å². The largest absolute Gasteiger partial charge is 0.412 e. The second-order valence-corrected chi connectivity index (χ2v) is 16.7. The van der Waals surface area contributed by atoms with Gasteiger partial charge in [0.05, 0.1) is 59.9 Å². The van der Waals surface area contributed by atoms with E-state index in [0.29, 0.717) is 6.04 Å². The van der Waals surface area contributed by atoms with Gasteiger partial charge in [-0.15, -0.1) is 0 Å².